The van der Waals surface area contributed by atoms with Gasteiger partial charge >= 0.3 is 0 Å². The summed E-state index contributed by atoms with van der Waals surface area (Å²) in [5.41, 5.74) is 9.73. The van der Waals surface area contributed by atoms with Gasteiger partial charge in [0.15, 0.2) is 6.29 Å². The number of likely N-dealkylation sites (tertiary alicyclic amines) is 1. The quantitative estimate of drug-likeness (QED) is 0.707. The van der Waals surface area contributed by atoms with Crippen LogP contribution in [0.1, 0.15) is 67.6 Å². The fourth-order valence-corrected chi connectivity index (χ4v) is 4.52. The highest BCUT2D eigenvalue weighted by molar-refractivity contribution is 5.41. The van der Waals surface area contributed by atoms with Crippen LogP contribution in [0.2, 0.25) is 0 Å². The number of nitrogens with two attached hydrogens (primary N) is 1. The molecule has 3 atom stereocenters. The number of aliphatic hydroxyl groups excluding tert-OH is 1. The van der Waals surface area contributed by atoms with Crippen LogP contribution in [-0.2, 0) is 16.1 Å². The molecule has 2 fully saturated rings. The molecule has 5 heteroatoms. The van der Waals surface area contributed by atoms with Gasteiger partial charge in [0, 0.05) is 24.2 Å². The van der Waals surface area contributed by atoms with Gasteiger partial charge in [0.1, 0.15) is 0 Å². The first kappa shape index (κ1) is 21.3. The van der Waals surface area contributed by atoms with Gasteiger partial charge in [0.2, 0.25) is 0 Å². The molecule has 2 heterocycles. The molecule has 0 bridgehead atoms. The second-order valence-corrected chi connectivity index (χ2v) is 8.59. The molecule has 2 aliphatic heterocycles. The fourth-order valence-electron chi connectivity index (χ4n) is 4.52. The van der Waals surface area contributed by atoms with E-state index in [4.69, 9.17) is 15.2 Å². The number of hydrogen-bond donors (Lipinski definition) is 2. The SMILES string of the molecule is Nc1cccc(C2O[C@H](CN3CCCCCCC3)C[C@H](c3ccc(CO)cc3)O2)c1. The molecule has 2 aromatic carbocycles. The highest BCUT2D eigenvalue weighted by Crippen LogP contribution is 2.38. The van der Waals surface area contributed by atoms with Crippen LogP contribution in [0.15, 0.2) is 48.5 Å². The van der Waals surface area contributed by atoms with E-state index in [2.05, 4.69) is 17.0 Å². The maximum Gasteiger partial charge on any atom is 0.185 e. The second-order valence-electron chi connectivity index (χ2n) is 8.59. The molecular weight excluding hydrogens is 376 g/mol. The predicted molar refractivity (Wildman–Crippen MR) is 119 cm³/mol. The summed E-state index contributed by atoms with van der Waals surface area (Å²) >= 11 is 0. The molecule has 2 saturated heterocycles. The summed E-state index contributed by atoms with van der Waals surface area (Å²) in [6.07, 6.45) is 7.03. The fraction of sp³-hybridized carbons (Fsp3) is 0.520. The minimum Gasteiger partial charge on any atom is -0.399 e. The van der Waals surface area contributed by atoms with E-state index in [0.29, 0.717) is 0 Å². The molecule has 5 nitrogen and oxygen atoms in total. The van der Waals surface area contributed by atoms with Crippen molar-refractivity contribution in [1.82, 2.24) is 4.90 Å². The van der Waals surface area contributed by atoms with Crippen molar-refractivity contribution in [3.05, 3.63) is 65.2 Å². The molecule has 0 aromatic heterocycles. The summed E-state index contributed by atoms with van der Waals surface area (Å²) in [4.78, 5) is 2.57. The average Bonchev–Trinajstić information content (AvgIpc) is 2.75. The van der Waals surface area contributed by atoms with Crippen LogP contribution < -0.4 is 5.73 Å². The van der Waals surface area contributed by atoms with Crippen molar-refractivity contribution in [2.24, 2.45) is 0 Å². The Bertz CT molecular complexity index is 787. The largest absolute Gasteiger partial charge is 0.399 e. The molecule has 4 rings (SSSR count). The highest BCUT2D eigenvalue weighted by atomic mass is 16.7. The summed E-state index contributed by atoms with van der Waals surface area (Å²) < 4.78 is 12.8. The van der Waals surface area contributed by atoms with Crippen molar-refractivity contribution in [2.75, 3.05) is 25.4 Å². The van der Waals surface area contributed by atoms with Gasteiger partial charge in [-0.1, -0.05) is 55.7 Å². The van der Waals surface area contributed by atoms with Crippen LogP contribution in [0.5, 0.6) is 0 Å². The van der Waals surface area contributed by atoms with E-state index in [1.54, 1.807) is 0 Å². The summed E-state index contributed by atoms with van der Waals surface area (Å²) in [5, 5.41) is 9.35. The van der Waals surface area contributed by atoms with Crippen molar-refractivity contribution in [1.29, 1.82) is 0 Å². The Morgan fingerprint density at radius 3 is 2.33 bits per heavy atom. The molecular formula is C25H34N2O3. The van der Waals surface area contributed by atoms with Gasteiger partial charge in [-0.05, 0) is 49.2 Å². The zero-order chi connectivity index (χ0) is 20.8. The maximum atomic E-state index is 9.35. The Kier molecular flexibility index (Phi) is 7.39. The average molecular weight is 411 g/mol. The van der Waals surface area contributed by atoms with Gasteiger partial charge < -0.3 is 25.2 Å². The van der Waals surface area contributed by atoms with Crippen molar-refractivity contribution in [2.45, 2.75) is 63.6 Å². The van der Waals surface area contributed by atoms with E-state index in [9.17, 15) is 5.11 Å². The smallest absolute Gasteiger partial charge is 0.185 e. The monoisotopic (exact) mass is 410 g/mol. The van der Waals surface area contributed by atoms with Crippen LogP contribution in [0.3, 0.4) is 0 Å². The van der Waals surface area contributed by atoms with Gasteiger partial charge in [0.25, 0.3) is 0 Å². The van der Waals surface area contributed by atoms with Gasteiger partial charge in [-0.3, -0.25) is 0 Å². The predicted octanol–water partition coefficient (Wildman–Crippen LogP) is 4.57. The lowest BCUT2D eigenvalue weighted by Crippen LogP contribution is -2.40. The van der Waals surface area contributed by atoms with Crippen LogP contribution in [0.25, 0.3) is 0 Å². The first-order valence-corrected chi connectivity index (χ1v) is 11.3. The van der Waals surface area contributed by atoms with Crippen LogP contribution >= 0.6 is 0 Å². The molecule has 0 radical (unpaired) electrons. The van der Waals surface area contributed by atoms with E-state index in [1.807, 2.05) is 36.4 Å². The Morgan fingerprint density at radius 2 is 1.63 bits per heavy atom. The number of nitrogen functional groups attached to an aromatic ring is 1. The van der Waals surface area contributed by atoms with Gasteiger partial charge in [-0.25, -0.2) is 0 Å². The van der Waals surface area contributed by atoms with Crippen molar-refractivity contribution in [3.8, 4) is 0 Å². The first-order chi connectivity index (χ1) is 14.7. The van der Waals surface area contributed by atoms with Crippen LogP contribution in [0, 0.1) is 0 Å². The van der Waals surface area contributed by atoms with E-state index in [1.165, 1.54) is 32.1 Å². The Hall–Kier alpha value is -1.92. The lowest BCUT2D eigenvalue weighted by atomic mass is 9.99. The van der Waals surface area contributed by atoms with Crippen molar-refractivity contribution >= 4 is 5.69 Å². The standard InChI is InChI=1S/C25H34N2O3/c26-22-8-6-7-21(15-22)25-29-23(17-27-13-4-2-1-3-5-14-27)16-24(30-25)20-11-9-19(18-28)10-12-20/h6-12,15,23-25,28H,1-5,13-14,16-18,26H2/t23-,24+,25?/m0/s1. The Morgan fingerprint density at radius 1 is 0.900 bits per heavy atom. The van der Waals surface area contributed by atoms with E-state index < -0.39 is 6.29 Å². The molecule has 3 N–H and O–H groups in total. The minimum absolute atomic E-state index is 0.0438. The minimum atomic E-state index is -0.426. The number of ether oxygens (including phenoxy) is 2. The number of anilines is 1. The molecule has 0 saturated carbocycles. The third-order valence-electron chi connectivity index (χ3n) is 6.21. The van der Waals surface area contributed by atoms with Crippen LogP contribution in [0.4, 0.5) is 5.69 Å². The first-order valence-electron chi connectivity index (χ1n) is 11.3. The number of benzene rings is 2. The summed E-state index contributed by atoms with van der Waals surface area (Å²) in [6.45, 7) is 3.30. The van der Waals surface area contributed by atoms with Gasteiger partial charge in [-0.2, -0.15) is 0 Å². The normalized spacial score (nSPS) is 26.1. The molecule has 2 aromatic rings. The maximum absolute atomic E-state index is 9.35. The third kappa shape index (κ3) is 5.61. The Balaban J connectivity index is 1.52. The zero-order valence-corrected chi connectivity index (χ0v) is 17.7. The topological polar surface area (TPSA) is 68.0 Å². The molecule has 0 amide bonds. The lowest BCUT2D eigenvalue weighted by Gasteiger charge is -2.38. The summed E-state index contributed by atoms with van der Waals surface area (Å²) in [7, 11) is 0. The lowest BCUT2D eigenvalue weighted by molar-refractivity contribution is -0.253. The molecule has 2 aliphatic rings. The number of rotatable bonds is 5. The van der Waals surface area contributed by atoms with E-state index >= 15 is 0 Å². The van der Waals surface area contributed by atoms with E-state index in [-0.39, 0.29) is 18.8 Å². The number of hydrogen-bond acceptors (Lipinski definition) is 5. The second kappa shape index (κ2) is 10.4. The van der Waals surface area contributed by atoms with Gasteiger partial charge in [-0.15, -0.1) is 0 Å². The third-order valence-corrected chi connectivity index (χ3v) is 6.21. The van der Waals surface area contributed by atoms with Gasteiger partial charge in [0.05, 0.1) is 18.8 Å². The summed E-state index contributed by atoms with van der Waals surface area (Å²) in [5.74, 6) is 0. The molecule has 1 unspecified atom stereocenters. The number of nitrogens with zero attached hydrogens (tertiary/aromatic N) is 1. The summed E-state index contributed by atoms with van der Waals surface area (Å²) in [6, 6.07) is 15.9. The number of aliphatic hydroxyl groups is 1. The molecule has 0 spiro atoms. The zero-order valence-electron chi connectivity index (χ0n) is 17.7. The van der Waals surface area contributed by atoms with Crippen LogP contribution in [-0.4, -0.2) is 35.7 Å². The highest BCUT2D eigenvalue weighted by Gasteiger charge is 2.33. The van der Waals surface area contributed by atoms with Crippen molar-refractivity contribution < 1.29 is 14.6 Å². The molecule has 30 heavy (non-hydrogen) atoms. The molecule has 162 valence electrons. The Labute approximate surface area is 179 Å². The van der Waals surface area contributed by atoms with Crippen molar-refractivity contribution in [3.63, 3.8) is 0 Å². The molecule has 0 aliphatic carbocycles. The van der Waals surface area contributed by atoms with E-state index in [0.717, 1.165) is 48.4 Å².